The molecule has 0 amide bonds. The molecule has 21 heavy (non-hydrogen) atoms. The van der Waals surface area contributed by atoms with Crippen molar-refractivity contribution in [3.8, 4) is 0 Å². The summed E-state index contributed by atoms with van der Waals surface area (Å²) in [6, 6.07) is 7.88. The first-order chi connectivity index (χ1) is 9.92. The molecule has 118 valence electrons. The van der Waals surface area contributed by atoms with E-state index in [1.807, 2.05) is 0 Å². The molecule has 1 aliphatic heterocycles. The molecule has 2 rings (SSSR count). The highest BCUT2D eigenvalue weighted by Crippen LogP contribution is 2.07. The zero-order valence-electron chi connectivity index (χ0n) is 11.5. The Labute approximate surface area is 125 Å². The van der Waals surface area contributed by atoms with Crippen LogP contribution in [0, 0.1) is 0 Å². The number of nitrogens with one attached hydrogen (secondary N) is 2. The first kappa shape index (κ1) is 16.4. The molecule has 1 aromatic rings. The Balaban J connectivity index is 1.92. The maximum absolute atomic E-state index is 12.1. The maximum Gasteiger partial charge on any atom is 0.240 e. The number of rotatable bonds is 6. The molecule has 1 aromatic carbocycles. The van der Waals surface area contributed by atoms with Crippen LogP contribution in [0.3, 0.4) is 0 Å². The fourth-order valence-electron chi connectivity index (χ4n) is 2.04. The van der Waals surface area contributed by atoms with Gasteiger partial charge in [0.2, 0.25) is 20.0 Å². The third-order valence-corrected chi connectivity index (χ3v) is 6.52. The van der Waals surface area contributed by atoms with Crippen LogP contribution in [0.1, 0.15) is 0 Å². The monoisotopic (exact) mass is 333 g/mol. The van der Waals surface area contributed by atoms with Gasteiger partial charge in [0, 0.05) is 32.7 Å². The van der Waals surface area contributed by atoms with E-state index in [1.54, 1.807) is 18.2 Å². The van der Waals surface area contributed by atoms with Crippen LogP contribution in [-0.4, -0.2) is 59.6 Å². The molecule has 1 heterocycles. The van der Waals surface area contributed by atoms with Gasteiger partial charge in [-0.25, -0.2) is 21.6 Å². The third kappa shape index (κ3) is 4.48. The standard InChI is InChI=1S/C12H19N3O4S2/c16-20(17,15-9-6-13-7-10-15)11-8-14-21(18,19)12-4-2-1-3-5-12/h1-5,13-14H,6-11H2. The van der Waals surface area contributed by atoms with E-state index in [4.69, 9.17) is 0 Å². The lowest BCUT2D eigenvalue weighted by Crippen LogP contribution is -2.48. The Hall–Kier alpha value is -1.00. The number of benzene rings is 1. The van der Waals surface area contributed by atoms with Crippen LogP contribution >= 0.6 is 0 Å². The molecule has 1 fully saturated rings. The molecule has 0 atom stereocenters. The smallest absolute Gasteiger partial charge is 0.240 e. The Kier molecular flexibility index (Phi) is 5.33. The maximum atomic E-state index is 12.1. The fraction of sp³-hybridized carbons (Fsp3) is 0.500. The van der Waals surface area contributed by atoms with E-state index in [9.17, 15) is 16.8 Å². The Morgan fingerprint density at radius 3 is 2.29 bits per heavy atom. The van der Waals surface area contributed by atoms with E-state index in [2.05, 4.69) is 10.0 Å². The second-order valence-corrected chi connectivity index (χ2v) is 8.53. The van der Waals surface area contributed by atoms with E-state index in [1.165, 1.54) is 16.4 Å². The van der Waals surface area contributed by atoms with Crippen molar-refractivity contribution in [1.82, 2.24) is 14.3 Å². The molecule has 0 spiro atoms. The Morgan fingerprint density at radius 1 is 1.05 bits per heavy atom. The average Bonchev–Trinajstić information content (AvgIpc) is 2.49. The van der Waals surface area contributed by atoms with Gasteiger partial charge in [0.05, 0.1) is 10.6 Å². The lowest BCUT2D eigenvalue weighted by molar-refractivity contribution is 0.360. The van der Waals surface area contributed by atoms with Gasteiger partial charge in [0.25, 0.3) is 0 Å². The van der Waals surface area contributed by atoms with Crippen LogP contribution in [0.2, 0.25) is 0 Å². The first-order valence-electron chi connectivity index (χ1n) is 6.65. The highest BCUT2D eigenvalue weighted by atomic mass is 32.2. The highest BCUT2D eigenvalue weighted by Gasteiger charge is 2.24. The Morgan fingerprint density at radius 2 is 1.67 bits per heavy atom. The molecule has 0 aliphatic carbocycles. The van der Waals surface area contributed by atoms with Gasteiger partial charge in [-0.15, -0.1) is 0 Å². The predicted octanol–water partition coefficient (Wildman–Crippen LogP) is -0.800. The van der Waals surface area contributed by atoms with Crippen LogP contribution in [0.5, 0.6) is 0 Å². The molecule has 0 aromatic heterocycles. The van der Waals surface area contributed by atoms with Gasteiger partial charge in [-0.2, -0.15) is 4.31 Å². The second kappa shape index (κ2) is 6.84. The zero-order chi connectivity index (χ0) is 15.3. The number of hydrogen-bond acceptors (Lipinski definition) is 5. The van der Waals surface area contributed by atoms with Gasteiger partial charge in [-0.3, -0.25) is 0 Å². The number of sulfonamides is 2. The summed E-state index contributed by atoms with van der Waals surface area (Å²) in [5, 5.41) is 3.07. The van der Waals surface area contributed by atoms with Crippen molar-refractivity contribution in [2.24, 2.45) is 0 Å². The van der Waals surface area contributed by atoms with Gasteiger partial charge >= 0.3 is 0 Å². The van der Waals surface area contributed by atoms with Crippen molar-refractivity contribution in [2.75, 3.05) is 38.5 Å². The quantitative estimate of drug-likeness (QED) is 0.711. The number of piperazine rings is 1. The predicted molar refractivity (Wildman–Crippen MR) is 79.9 cm³/mol. The van der Waals surface area contributed by atoms with E-state index < -0.39 is 20.0 Å². The number of nitrogens with zero attached hydrogens (tertiary/aromatic N) is 1. The van der Waals surface area contributed by atoms with E-state index >= 15 is 0 Å². The summed E-state index contributed by atoms with van der Waals surface area (Å²) < 4.78 is 51.8. The normalized spacial score (nSPS) is 17.7. The van der Waals surface area contributed by atoms with Crippen molar-refractivity contribution in [1.29, 1.82) is 0 Å². The molecule has 7 nitrogen and oxygen atoms in total. The van der Waals surface area contributed by atoms with Gasteiger partial charge in [0.15, 0.2) is 0 Å². The van der Waals surface area contributed by atoms with E-state index in [0.29, 0.717) is 26.2 Å². The molecule has 0 saturated carbocycles. The lowest BCUT2D eigenvalue weighted by Gasteiger charge is -2.26. The summed E-state index contributed by atoms with van der Waals surface area (Å²) in [6.07, 6.45) is 0. The molecular formula is C12H19N3O4S2. The van der Waals surface area contributed by atoms with Crippen molar-refractivity contribution in [2.45, 2.75) is 4.90 Å². The summed E-state index contributed by atoms with van der Waals surface area (Å²) in [4.78, 5) is 0.129. The summed E-state index contributed by atoms with van der Waals surface area (Å²) in [6.45, 7) is 1.95. The molecule has 1 saturated heterocycles. The van der Waals surface area contributed by atoms with Crippen molar-refractivity contribution < 1.29 is 16.8 Å². The Bertz CT molecular complexity index is 653. The molecule has 9 heteroatoms. The molecule has 0 unspecified atom stereocenters. The lowest BCUT2D eigenvalue weighted by atomic mass is 10.4. The van der Waals surface area contributed by atoms with Gasteiger partial charge in [-0.05, 0) is 12.1 Å². The molecule has 0 bridgehead atoms. The van der Waals surface area contributed by atoms with Crippen LogP contribution in [-0.2, 0) is 20.0 Å². The first-order valence-corrected chi connectivity index (χ1v) is 9.74. The molecule has 0 radical (unpaired) electrons. The SMILES string of the molecule is O=S(=O)(NCCS(=O)(=O)N1CCNCC1)c1ccccc1. The van der Waals surface area contributed by atoms with Gasteiger partial charge in [-0.1, -0.05) is 18.2 Å². The minimum Gasteiger partial charge on any atom is -0.314 e. The van der Waals surface area contributed by atoms with Gasteiger partial charge in [0.1, 0.15) is 0 Å². The van der Waals surface area contributed by atoms with Gasteiger partial charge < -0.3 is 5.32 Å². The summed E-state index contributed by atoms with van der Waals surface area (Å²) in [5.41, 5.74) is 0. The molecule has 1 aliphatic rings. The minimum absolute atomic E-state index is 0.129. The van der Waals surface area contributed by atoms with Crippen molar-refractivity contribution >= 4 is 20.0 Å². The highest BCUT2D eigenvalue weighted by molar-refractivity contribution is 7.90. The third-order valence-electron chi connectivity index (χ3n) is 3.17. The van der Waals surface area contributed by atoms with Crippen molar-refractivity contribution in [3.63, 3.8) is 0 Å². The second-order valence-electron chi connectivity index (χ2n) is 4.68. The zero-order valence-corrected chi connectivity index (χ0v) is 13.2. The molecular weight excluding hydrogens is 314 g/mol. The van der Waals surface area contributed by atoms with Crippen LogP contribution in [0.25, 0.3) is 0 Å². The summed E-state index contributed by atoms with van der Waals surface area (Å²) >= 11 is 0. The topological polar surface area (TPSA) is 95.6 Å². The van der Waals surface area contributed by atoms with E-state index in [0.717, 1.165) is 0 Å². The molecule has 2 N–H and O–H groups in total. The van der Waals surface area contributed by atoms with Crippen LogP contribution in [0.15, 0.2) is 35.2 Å². The summed E-state index contributed by atoms with van der Waals surface area (Å²) in [7, 11) is -7.08. The van der Waals surface area contributed by atoms with E-state index in [-0.39, 0.29) is 17.2 Å². The summed E-state index contributed by atoms with van der Waals surface area (Å²) in [5.74, 6) is -0.237. The average molecular weight is 333 g/mol. The van der Waals surface area contributed by atoms with Crippen molar-refractivity contribution in [3.05, 3.63) is 30.3 Å². The van der Waals surface area contributed by atoms with Crippen LogP contribution in [0.4, 0.5) is 0 Å². The minimum atomic E-state index is -3.66. The van der Waals surface area contributed by atoms with Crippen LogP contribution < -0.4 is 10.0 Å². The fourth-order valence-corrected chi connectivity index (χ4v) is 4.58. The largest absolute Gasteiger partial charge is 0.314 e. The number of hydrogen-bond donors (Lipinski definition) is 2.